The third-order valence-corrected chi connectivity index (χ3v) is 6.09. The summed E-state index contributed by atoms with van der Waals surface area (Å²) < 4.78 is 0. The summed E-state index contributed by atoms with van der Waals surface area (Å²) in [5.74, 6) is -0.454. The normalized spacial score (nSPS) is 14.8. The summed E-state index contributed by atoms with van der Waals surface area (Å²) in [7, 11) is 0. The molecule has 2 aromatic rings. The first kappa shape index (κ1) is 21.9. The van der Waals surface area contributed by atoms with Crippen LogP contribution in [0, 0.1) is 0 Å². The molecular weight excluding hydrogens is 426 g/mol. The Hall–Kier alpha value is -2.78. The second-order valence-electron chi connectivity index (χ2n) is 6.90. The minimum Gasteiger partial charge on any atom is -0.368 e. The van der Waals surface area contributed by atoms with E-state index in [1.54, 1.807) is 4.90 Å². The zero-order valence-corrected chi connectivity index (χ0v) is 17.9. The predicted molar refractivity (Wildman–Crippen MR) is 118 cm³/mol. The first-order chi connectivity index (χ1) is 14.4. The number of nitrogens with two attached hydrogens (primary N) is 1. The maximum Gasteiger partial charge on any atom is 0.312 e. The van der Waals surface area contributed by atoms with Gasteiger partial charge < -0.3 is 26.2 Å². The number of urea groups is 1. The van der Waals surface area contributed by atoms with Crippen LogP contribution in [0.15, 0.2) is 41.8 Å². The number of thiophene rings is 1. The first-order valence-electron chi connectivity index (χ1n) is 9.56. The number of halogens is 1. The largest absolute Gasteiger partial charge is 0.368 e. The van der Waals surface area contributed by atoms with Crippen molar-refractivity contribution >= 4 is 46.5 Å². The lowest BCUT2D eigenvalue weighted by Gasteiger charge is -2.36. The molecule has 10 heteroatoms. The number of nitrogens with one attached hydrogen (secondary N) is 2. The van der Waals surface area contributed by atoms with Crippen molar-refractivity contribution in [3.63, 3.8) is 0 Å². The Morgan fingerprint density at radius 1 is 1.10 bits per heavy atom. The van der Waals surface area contributed by atoms with Crippen LogP contribution in [0.3, 0.4) is 0 Å². The van der Waals surface area contributed by atoms with Crippen LogP contribution in [-0.2, 0) is 9.59 Å². The van der Waals surface area contributed by atoms with Gasteiger partial charge in [0.25, 0.3) is 0 Å². The maximum absolute atomic E-state index is 12.5. The third kappa shape index (κ3) is 6.11. The second-order valence-corrected chi connectivity index (χ2v) is 8.32. The Kier molecular flexibility index (Phi) is 7.53. The average molecular weight is 450 g/mol. The standard InChI is InChI=1S/C20H24ClN5O3S/c21-14-3-5-15(6-4-14)25-7-9-26(10-8-25)19(28)13-23-18(27)12-16(24-20(22)29)17-2-1-11-30-17/h1-6,11,16H,7-10,12-13H2,(H,23,27)(H3,22,24,29). The number of carbonyl (C=O) groups is 3. The number of piperazine rings is 1. The van der Waals surface area contributed by atoms with Gasteiger partial charge in [-0.3, -0.25) is 9.59 Å². The fraction of sp³-hybridized carbons (Fsp3) is 0.350. The molecule has 0 spiro atoms. The zero-order valence-electron chi connectivity index (χ0n) is 16.3. The number of carbonyl (C=O) groups excluding carboxylic acids is 3. The summed E-state index contributed by atoms with van der Waals surface area (Å²) in [6.45, 7) is 2.51. The van der Waals surface area contributed by atoms with Crippen molar-refractivity contribution in [3.8, 4) is 0 Å². The molecule has 4 amide bonds. The van der Waals surface area contributed by atoms with Gasteiger partial charge in [0.05, 0.1) is 19.0 Å². The molecule has 1 atom stereocenters. The molecule has 1 saturated heterocycles. The van der Waals surface area contributed by atoms with Crippen LogP contribution in [0.1, 0.15) is 17.3 Å². The number of anilines is 1. The summed E-state index contributed by atoms with van der Waals surface area (Å²) in [6, 6.07) is 10.1. The molecule has 1 aromatic heterocycles. The molecular formula is C20H24ClN5O3S. The molecule has 1 aromatic carbocycles. The van der Waals surface area contributed by atoms with Crippen LogP contribution >= 0.6 is 22.9 Å². The van der Waals surface area contributed by atoms with Crippen molar-refractivity contribution in [2.45, 2.75) is 12.5 Å². The number of primary amides is 1. The van der Waals surface area contributed by atoms with E-state index in [1.807, 2.05) is 41.8 Å². The van der Waals surface area contributed by atoms with E-state index in [9.17, 15) is 14.4 Å². The second kappa shape index (κ2) is 10.3. The van der Waals surface area contributed by atoms with Crippen LogP contribution in [0.25, 0.3) is 0 Å². The highest BCUT2D eigenvalue weighted by molar-refractivity contribution is 7.10. The van der Waals surface area contributed by atoms with E-state index in [0.717, 1.165) is 10.6 Å². The number of rotatable bonds is 7. The summed E-state index contributed by atoms with van der Waals surface area (Å²) in [6.07, 6.45) is 0.0150. The van der Waals surface area contributed by atoms with Crippen molar-refractivity contribution in [1.29, 1.82) is 0 Å². The van der Waals surface area contributed by atoms with E-state index in [4.69, 9.17) is 17.3 Å². The Morgan fingerprint density at radius 2 is 1.80 bits per heavy atom. The number of hydrogen-bond donors (Lipinski definition) is 3. The third-order valence-electron chi connectivity index (χ3n) is 4.85. The van der Waals surface area contributed by atoms with Gasteiger partial charge in [-0.2, -0.15) is 0 Å². The van der Waals surface area contributed by atoms with Gasteiger partial charge in [0, 0.05) is 41.8 Å². The minimum absolute atomic E-state index is 0.0150. The molecule has 3 rings (SSSR count). The molecule has 1 aliphatic rings. The Balaban J connectivity index is 1.44. The summed E-state index contributed by atoms with van der Waals surface area (Å²) in [5, 5.41) is 7.76. The molecule has 0 aliphatic carbocycles. The van der Waals surface area contributed by atoms with Gasteiger partial charge in [-0.25, -0.2) is 4.79 Å². The van der Waals surface area contributed by atoms with Gasteiger partial charge >= 0.3 is 6.03 Å². The highest BCUT2D eigenvalue weighted by Gasteiger charge is 2.23. The highest BCUT2D eigenvalue weighted by Crippen LogP contribution is 2.22. The number of nitrogens with zero attached hydrogens (tertiary/aromatic N) is 2. The van der Waals surface area contributed by atoms with Gasteiger partial charge in [0.2, 0.25) is 11.8 Å². The maximum atomic E-state index is 12.5. The van der Waals surface area contributed by atoms with Crippen LogP contribution in [0.4, 0.5) is 10.5 Å². The fourth-order valence-corrected chi connectivity index (χ4v) is 4.20. The zero-order chi connectivity index (χ0) is 21.5. The van der Waals surface area contributed by atoms with Gasteiger partial charge in [-0.1, -0.05) is 17.7 Å². The Bertz CT molecular complexity index is 867. The molecule has 160 valence electrons. The van der Waals surface area contributed by atoms with Gasteiger partial charge in [0.15, 0.2) is 0 Å². The van der Waals surface area contributed by atoms with Crippen molar-refractivity contribution in [2.75, 3.05) is 37.6 Å². The van der Waals surface area contributed by atoms with Crippen LogP contribution < -0.4 is 21.3 Å². The fourth-order valence-electron chi connectivity index (χ4n) is 3.29. The first-order valence-corrected chi connectivity index (χ1v) is 10.8. The van der Waals surface area contributed by atoms with Crippen molar-refractivity contribution in [1.82, 2.24) is 15.5 Å². The van der Waals surface area contributed by atoms with Gasteiger partial charge in [-0.15, -0.1) is 11.3 Å². The topological polar surface area (TPSA) is 108 Å². The molecule has 0 bridgehead atoms. The Morgan fingerprint density at radius 3 is 2.40 bits per heavy atom. The van der Waals surface area contributed by atoms with Crippen LogP contribution in [0.2, 0.25) is 5.02 Å². The molecule has 0 saturated carbocycles. The quantitative estimate of drug-likeness (QED) is 0.600. The van der Waals surface area contributed by atoms with E-state index in [-0.39, 0.29) is 24.8 Å². The monoisotopic (exact) mass is 449 g/mol. The smallest absolute Gasteiger partial charge is 0.312 e. The van der Waals surface area contributed by atoms with Crippen LogP contribution in [0.5, 0.6) is 0 Å². The van der Waals surface area contributed by atoms with Gasteiger partial charge in [-0.05, 0) is 35.7 Å². The van der Waals surface area contributed by atoms with Crippen molar-refractivity contribution in [2.24, 2.45) is 5.73 Å². The molecule has 0 radical (unpaired) electrons. The van der Waals surface area contributed by atoms with E-state index in [2.05, 4.69) is 15.5 Å². The van der Waals surface area contributed by atoms with Gasteiger partial charge in [0.1, 0.15) is 0 Å². The molecule has 30 heavy (non-hydrogen) atoms. The molecule has 2 heterocycles. The molecule has 1 aliphatic heterocycles. The van der Waals surface area contributed by atoms with E-state index < -0.39 is 12.1 Å². The van der Waals surface area contributed by atoms with E-state index in [0.29, 0.717) is 31.2 Å². The number of benzene rings is 1. The molecule has 4 N–H and O–H groups in total. The number of hydrogen-bond acceptors (Lipinski definition) is 5. The summed E-state index contributed by atoms with van der Waals surface area (Å²) in [4.78, 5) is 40.7. The van der Waals surface area contributed by atoms with Crippen molar-refractivity contribution < 1.29 is 14.4 Å². The lowest BCUT2D eigenvalue weighted by atomic mass is 10.1. The predicted octanol–water partition coefficient (Wildman–Crippen LogP) is 1.97. The molecule has 1 unspecified atom stereocenters. The van der Waals surface area contributed by atoms with Crippen LogP contribution in [-0.4, -0.2) is 55.5 Å². The van der Waals surface area contributed by atoms with Crippen molar-refractivity contribution in [3.05, 3.63) is 51.7 Å². The van der Waals surface area contributed by atoms with E-state index in [1.165, 1.54) is 11.3 Å². The molecule has 8 nitrogen and oxygen atoms in total. The average Bonchev–Trinajstić information content (AvgIpc) is 3.27. The SMILES string of the molecule is NC(=O)NC(CC(=O)NCC(=O)N1CCN(c2ccc(Cl)cc2)CC1)c1cccs1. The summed E-state index contributed by atoms with van der Waals surface area (Å²) >= 11 is 7.35. The minimum atomic E-state index is -0.698. The highest BCUT2D eigenvalue weighted by atomic mass is 35.5. The molecule has 1 fully saturated rings. The Labute approximate surface area is 184 Å². The van der Waals surface area contributed by atoms with E-state index >= 15 is 0 Å². The number of amides is 4. The lowest BCUT2D eigenvalue weighted by molar-refractivity contribution is -0.133. The lowest BCUT2D eigenvalue weighted by Crippen LogP contribution is -2.51. The summed E-state index contributed by atoms with van der Waals surface area (Å²) in [5.41, 5.74) is 6.28.